The maximum absolute atomic E-state index is 10.7. The lowest BCUT2D eigenvalue weighted by atomic mass is 10.2. The number of nitrogens with two attached hydrogens (primary N) is 1. The third kappa shape index (κ3) is 1.37. The molecule has 1 aliphatic carbocycles. The van der Waals surface area contributed by atoms with Crippen LogP contribution in [0, 0.1) is 0 Å². The lowest BCUT2D eigenvalue weighted by Crippen LogP contribution is -2.28. The molecule has 4 nitrogen and oxygen atoms in total. The SMILES string of the molecule is NC1CCCC1n1nccc1C=O. The standard InChI is InChI=1S/C9H13N3O/c10-8-2-1-3-9(8)12-7(6-13)4-5-11-12/h4-6,8-9H,1-3,10H2. The number of carbonyl (C=O) groups is 1. The summed E-state index contributed by atoms with van der Waals surface area (Å²) in [7, 11) is 0. The van der Waals surface area contributed by atoms with Crippen LogP contribution in [0.2, 0.25) is 0 Å². The Balaban J connectivity index is 2.28. The number of aldehydes is 1. The average molecular weight is 179 g/mol. The number of rotatable bonds is 2. The lowest BCUT2D eigenvalue weighted by Gasteiger charge is -2.16. The molecule has 1 aromatic rings. The maximum Gasteiger partial charge on any atom is 0.168 e. The Labute approximate surface area is 76.7 Å². The summed E-state index contributed by atoms with van der Waals surface area (Å²) in [6.45, 7) is 0. The molecule has 1 aromatic heterocycles. The summed E-state index contributed by atoms with van der Waals surface area (Å²) in [4.78, 5) is 10.7. The third-order valence-corrected chi connectivity index (χ3v) is 2.67. The van der Waals surface area contributed by atoms with Crippen LogP contribution in [0.4, 0.5) is 0 Å². The van der Waals surface area contributed by atoms with Crippen LogP contribution in [0.25, 0.3) is 0 Å². The summed E-state index contributed by atoms with van der Waals surface area (Å²) in [5, 5.41) is 4.12. The number of carbonyl (C=O) groups excluding carboxylic acids is 1. The molecule has 4 heteroatoms. The van der Waals surface area contributed by atoms with Crippen LogP contribution < -0.4 is 5.73 Å². The molecule has 2 unspecified atom stereocenters. The van der Waals surface area contributed by atoms with E-state index in [-0.39, 0.29) is 12.1 Å². The van der Waals surface area contributed by atoms with Crippen LogP contribution in [0.3, 0.4) is 0 Å². The molecule has 1 heterocycles. The van der Waals surface area contributed by atoms with Gasteiger partial charge in [0.05, 0.1) is 6.04 Å². The van der Waals surface area contributed by atoms with E-state index in [1.807, 2.05) is 0 Å². The van der Waals surface area contributed by atoms with Crippen LogP contribution in [-0.4, -0.2) is 22.1 Å². The summed E-state index contributed by atoms with van der Waals surface area (Å²) in [6, 6.07) is 2.09. The number of nitrogens with zero attached hydrogens (tertiary/aromatic N) is 2. The summed E-state index contributed by atoms with van der Waals surface area (Å²) >= 11 is 0. The van der Waals surface area contributed by atoms with Gasteiger partial charge in [-0.3, -0.25) is 9.48 Å². The van der Waals surface area contributed by atoms with Crippen molar-refractivity contribution in [2.45, 2.75) is 31.3 Å². The monoisotopic (exact) mass is 179 g/mol. The molecule has 0 amide bonds. The predicted octanol–water partition coefficient (Wildman–Crippen LogP) is 0.748. The number of aromatic nitrogens is 2. The molecule has 0 saturated heterocycles. The van der Waals surface area contributed by atoms with Crippen molar-refractivity contribution in [3.8, 4) is 0 Å². The van der Waals surface area contributed by atoms with Crippen molar-refractivity contribution >= 4 is 6.29 Å². The minimum Gasteiger partial charge on any atom is -0.326 e. The van der Waals surface area contributed by atoms with Crippen LogP contribution in [-0.2, 0) is 0 Å². The molecule has 70 valence electrons. The van der Waals surface area contributed by atoms with Crippen molar-refractivity contribution in [1.82, 2.24) is 9.78 Å². The Morgan fingerprint density at radius 3 is 3.08 bits per heavy atom. The van der Waals surface area contributed by atoms with E-state index in [9.17, 15) is 4.79 Å². The van der Waals surface area contributed by atoms with Gasteiger partial charge in [0, 0.05) is 12.2 Å². The van der Waals surface area contributed by atoms with Gasteiger partial charge in [-0.1, -0.05) is 0 Å². The second-order valence-corrected chi connectivity index (χ2v) is 3.48. The summed E-state index contributed by atoms with van der Waals surface area (Å²) < 4.78 is 1.75. The fourth-order valence-electron chi connectivity index (χ4n) is 1.97. The quantitative estimate of drug-likeness (QED) is 0.681. The second-order valence-electron chi connectivity index (χ2n) is 3.48. The van der Waals surface area contributed by atoms with E-state index in [1.54, 1.807) is 16.9 Å². The summed E-state index contributed by atoms with van der Waals surface area (Å²) in [6.07, 6.45) is 5.67. The zero-order valence-electron chi connectivity index (χ0n) is 7.39. The Kier molecular flexibility index (Phi) is 2.14. The van der Waals surface area contributed by atoms with Gasteiger partial charge in [-0.2, -0.15) is 5.10 Å². The van der Waals surface area contributed by atoms with Crippen molar-refractivity contribution < 1.29 is 4.79 Å². The van der Waals surface area contributed by atoms with Gasteiger partial charge in [-0.15, -0.1) is 0 Å². The van der Waals surface area contributed by atoms with Crippen molar-refractivity contribution in [1.29, 1.82) is 0 Å². The van der Waals surface area contributed by atoms with Gasteiger partial charge in [-0.05, 0) is 25.3 Å². The molecule has 1 fully saturated rings. The smallest absolute Gasteiger partial charge is 0.168 e. The van der Waals surface area contributed by atoms with Crippen molar-refractivity contribution in [2.75, 3.05) is 0 Å². The van der Waals surface area contributed by atoms with Gasteiger partial charge in [-0.25, -0.2) is 0 Å². The first kappa shape index (κ1) is 8.44. The number of hydrogen-bond acceptors (Lipinski definition) is 3. The zero-order valence-corrected chi connectivity index (χ0v) is 7.39. The molecule has 13 heavy (non-hydrogen) atoms. The van der Waals surface area contributed by atoms with Crippen molar-refractivity contribution in [2.24, 2.45) is 5.73 Å². The summed E-state index contributed by atoms with van der Waals surface area (Å²) in [5.41, 5.74) is 6.54. The minimum atomic E-state index is 0.151. The highest BCUT2D eigenvalue weighted by molar-refractivity contribution is 5.71. The Hall–Kier alpha value is -1.16. The maximum atomic E-state index is 10.7. The van der Waals surface area contributed by atoms with Gasteiger partial charge < -0.3 is 5.73 Å². The van der Waals surface area contributed by atoms with E-state index in [2.05, 4.69) is 5.10 Å². The fraction of sp³-hybridized carbons (Fsp3) is 0.556. The molecule has 2 atom stereocenters. The molecule has 1 saturated carbocycles. The van der Waals surface area contributed by atoms with E-state index in [4.69, 9.17) is 5.73 Å². The molecule has 0 spiro atoms. The predicted molar refractivity (Wildman–Crippen MR) is 48.5 cm³/mol. The Bertz CT molecular complexity index is 308. The van der Waals surface area contributed by atoms with Gasteiger partial charge in [0.15, 0.2) is 6.29 Å². The first-order valence-electron chi connectivity index (χ1n) is 4.57. The van der Waals surface area contributed by atoms with Gasteiger partial charge in [0.25, 0.3) is 0 Å². The minimum absolute atomic E-state index is 0.151. The van der Waals surface area contributed by atoms with Gasteiger partial charge >= 0.3 is 0 Å². The molecule has 0 radical (unpaired) electrons. The fourth-order valence-corrected chi connectivity index (χ4v) is 1.97. The van der Waals surface area contributed by atoms with E-state index >= 15 is 0 Å². The van der Waals surface area contributed by atoms with Crippen LogP contribution in [0.15, 0.2) is 12.3 Å². The lowest BCUT2D eigenvalue weighted by molar-refractivity contribution is 0.111. The summed E-state index contributed by atoms with van der Waals surface area (Å²) in [5.74, 6) is 0. The van der Waals surface area contributed by atoms with Crippen molar-refractivity contribution in [3.63, 3.8) is 0 Å². The van der Waals surface area contributed by atoms with Crippen molar-refractivity contribution in [3.05, 3.63) is 18.0 Å². The zero-order chi connectivity index (χ0) is 9.26. The van der Waals surface area contributed by atoms with E-state index in [0.29, 0.717) is 5.69 Å². The highest BCUT2D eigenvalue weighted by Gasteiger charge is 2.27. The van der Waals surface area contributed by atoms with Gasteiger partial charge in [0.1, 0.15) is 5.69 Å². The van der Waals surface area contributed by atoms with Crippen LogP contribution in [0.1, 0.15) is 35.8 Å². The largest absolute Gasteiger partial charge is 0.326 e. The third-order valence-electron chi connectivity index (χ3n) is 2.67. The molecule has 2 N–H and O–H groups in total. The molecule has 2 rings (SSSR count). The highest BCUT2D eigenvalue weighted by atomic mass is 16.1. The second kappa shape index (κ2) is 3.30. The van der Waals surface area contributed by atoms with E-state index < -0.39 is 0 Å². The Morgan fingerprint density at radius 2 is 2.46 bits per heavy atom. The first-order chi connectivity index (χ1) is 6.33. The normalized spacial score (nSPS) is 27.8. The molecular weight excluding hydrogens is 166 g/mol. The molecule has 0 aliphatic heterocycles. The van der Waals surface area contributed by atoms with Crippen LogP contribution in [0.5, 0.6) is 0 Å². The van der Waals surface area contributed by atoms with Gasteiger partial charge in [0.2, 0.25) is 0 Å². The highest BCUT2D eigenvalue weighted by Crippen LogP contribution is 2.28. The Morgan fingerprint density at radius 1 is 1.62 bits per heavy atom. The van der Waals surface area contributed by atoms with E-state index in [0.717, 1.165) is 25.5 Å². The average Bonchev–Trinajstić information content (AvgIpc) is 2.71. The molecule has 1 aliphatic rings. The molecular formula is C9H13N3O. The number of hydrogen-bond donors (Lipinski definition) is 1. The molecule has 0 bridgehead atoms. The molecule has 0 aromatic carbocycles. The first-order valence-corrected chi connectivity index (χ1v) is 4.57. The van der Waals surface area contributed by atoms with E-state index in [1.165, 1.54) is 0 Å². The van der Waals surface area contributed by atoms with Crippen LogP contribution >= 0.6 is 0 Å². The topological polar surface area (TPSA) is 60.9 Å².